The fourth-order valence-corrected chi connectivity index (χ4v) is 1.98. The number of carbonyl (C=O) groups is 1. The highest BCUT2D eigenvalue weighted by atomic mass is 16.5. The Morgan fingerprint density at radius 1 is 1.05 bits per heavy atom. The van der Waals surface area contributed by atoms with Crippen LogP contribution in [0.25, 0.3) is 0 Å². The lowest BCUT2D eigenvalue weighted by molar-refractivity contribution is 0.0697. The van der Waals surface area contributed by atoms with E-state index in [9.17, 15) is 4.79 Å². The summed E-state index contributed by atoms with van der Waals surface area (Å²) in [6.07, 6.45) is 1.68. The van der Waals surface area contributed by atoms with Crippen LogP contribution in [0.1, 0.15) is 21.5 Å². The van der Waals surface area contributed by atoms with E-state index in [1.165, 1.54) is 5.56 Å². The SMILES string of the molecule is COc1cccc(CCc2cccc(C(=O)O)c2)c1. The molecule has 2 aromatic carbocycles. The van der Waals surface area contributed by atoms with Crippen LogP contribution in [0.5, 0.6) is 5.75 Å². The molecule has 0 aliphatic carbocycles. The maximum atomic E-state index is 10.9. The van der Waals surface area contributed by atoms with E-state index in [-0.39, 0.29) is 0 Å². The van der Waals surface area contributed by atoms with Gasteiger partial charge in [0.2, 0.25) is 0 Å². The Morgan fingerprint density at radius 3 is 2.32 bits per heavy atom. The minimum atomic E-state index is -0.886. The summed E-state index contributed by atoms with van der Waals surface area (Å²) in [6, 6.07) is 15.0. The molecule has 1 N–H and O–H groups in total. The molecule has 0 amide bonds. The molecule has 0 atom stereocenters. The van der Waals surface area contributed by atoms with Crippen molar-refractivity contribution in [2.24, 2.45) is 0 Å². The van der Waals surface area contributed by atoms with Crippen LogP contribution in [0.15, 0.2) is 48.5 Å². The van der Waals surface area contributed by atoms with E-state index in [1.807, 2.05) is 30.3 Å². The van der Waals surface area contributed by atoms with Crippen molar-refractivity contribution in [1.29, 1.82) is 0 Å². The predicted molar refractivity (Wildman–Crippen MR) is 73.8 cm³/mol. The number of aromatic carboxylic acids is 1. The number of hydrogen-bond acceptors (Lipinski definition) is 2. The standard InChI is InChI=1S/C16H16O3/c1-19-15-7-3-5-13(11-15)9-8-12-4-2-6-14(10-12)16(17)18/h2-7,10-11H,8-9H2,1H3,(H,17,18). The Labute approximate surface area is 112 Å². The molecule has 0 saturated carbocycles. The molecule has 0 unspecified atom stereocenters. The van der Waals surface area contributed by atoms with Crippen LogP contribution in [0.4, 0.5) is 0 Å². The molecule has 19 heavy (non-hydrogen) atoms. The molecule has 98 valence electrons. The van der Waals surface area contributed by atoms with Gasteiger partial charge >= 0.3 is 5.97 Å². The van der Waals surface area contributed by atoms with Crippen molar-refractivity contribution in [3.8, 4) is 5.75 Å². The van der Waals surface area contributed by atoms with E-state index in [4.69, 9.17) is 9.84 Å². The topological polar surface area (TPSA) is 46.5 Å². The van der Waals surface area contributed by atoms with Crippen LogP contribution in [0.2, 0.25) is 0 Å². The van der Waals surface area contributed by atoms with Gasteiger partial charge in [0.25, 0.3) is 0 Å². The number of hydrogen-bond donors (Lipinski definition) is 1. The van der Waals surface area contributed by atoms with Crippen molar-refractivity contribution in [3.05, 3.63) is 65.2 Å². The second-order valence-corrected chi connectivity index (χ2v) is 4.36. The first-order valence-electron chi connectivity index (χ1n) is 6.14. The van der Waals surface area contributed by atoms with Gasteiger partial charge in [0.15, 0.2) is 0 Å². The third kappa shape index (κ3) is 3.58. The number of methoxy groups -OCH3 is 1. The van der Waals surface area contributed by atoms with Gasteiger partial charge in [-0.05, 0) is 48.2 Å². The second kappa shape index (κ2) is 6.05. The quantitative estimate of drug-likeness (QED) is 0.893. The van der Waals surface area contributed by atoms with Crippen molar-refractivity contribution in [2.75, 3.05) is 7.11 Å². The van der Waals surface area contributed by atoms with Crippen molar-refractivity contribution < 1.29 is 14.6 Å². The molecule has 0 aliphatic heterocycles. The van der Waals surface area contributed by atoms with Gasteiger partial charge in [-0.1, -0.05) is 24.3 Å². The predicted octanol–water partition coefficient (Wildman–Crippen LogP) is 3.18. The van der Waals surface area contributed by atoms with Gasteiger partial charge in [0, 0.05) is 0 Å². The van der Waals surface area contributed by atoms with Crippen molar-refractivity contribution in [1.82, 2.24) is 0 Å². The molecule has 2 rings (SSSR count). The van der Waals surface area contributed by atoms with Gasteiger partial charge in [0.05, 0.1) is 12.7 Å². The molecule has 0 aliphatic rings. The number of ether oxygens (including phenoxy) is 1. The maximum Gasteiger partial charge on any atom is 0.335 e. The van der Waals surface area contributed by atoms with E-state index in [0.29, 0.717) is 5.56 Å². The zero-order valence-corrected chi connectivity index (χ0v) is 10.8. The van der Waals surface area contributed by atoms with E-state index >= 15 is 0 Å². The highest BCUT2D eigenvalue weighted by Gasteiger charge is 2.03. The fraction of sp³-hybridized carbons (Fsp3) is 0.188. The van der Waals surface area contributed by atoms with Gasteiger partial charge in [-0.25, -0.2) is 4.79 Å². The summed E-state index contributed by atoms with van der Waals surface area (Å²) in [5, 5.41) is 8.95. The van der Waals surface area contributed by atoms with E-state index in [0.717, 1.165) is 24.2 Å². The first kappa shape index (κ1) is 13.1. The molecular formula is C16H16O3. The molecule has 0 spiro atoms. The monoisotopic (exact) mass is 256 g/mol. The molecule has 3 heteroatoms. The smallest absolute Gasteiger partial charge is 0.335 e. The summed E-state index contributed by atoms with van der Waals surface area (Å²) >= 11 is 0. The van der Waals surface area contributed by atoms with E-state index in [2.05, 4.69) is 0 Å². The summed E-state index contributed by atoms with van der Waals surface area (Å²) < 4.78 is 5.18. The lowest BCUT2D eigenvalue weighted by Crippen LogP contribution is -1.98. The molecule has 0 saturated heterocycles. The van der Waals surface area contributed by atoms with Crippen LogP contribution in [0.3, 0.4) is 0 Å². The van der Waals surface area contributed by atoms with Crippen molar-refractivity contribution in [3.63, 3.8) is 0 Å². The number of carboxylic acid groups (broad SMARTS) is 1. The minimum absolute atomic E-state index is 0.336. The number of benzene rings is 2. The highest BCUT2D eigenvalue weighted by Crippen LogP contribution is 2.15. The first-order chi connectivity index (χ1) is 9.19. The fourth-order valence-electron chi connectivity index (χ4n) is 1.98. The zero-order valence-electron chi connectivity index (χ0n) is 10.8. The Kier molecular flexibility index (Phi) is 4.18. The Balaban J connectivity index is 2.05. The first-order valence-corrected chi connectivity index (χ1v) is 6.14. The van der Waals surface area contributed by atoms with Crippen LogP contribution in [-0.2, 0) is 12.8 Å². The summed E-state index contributed by atoms with van der Waals surface area (Å²) in [7, 11) is 1.65. The summed E-state index contributed by atoms with van der Waals surface area (Å²) in [5.41, 5.74) is 2.55. The van der Waals surface area contributed by atoms with Gasteiger partial charge in [-0.2, -0.15) is 0 Å². The Bertz CT molecular complexity index is 576. The Morgan fingerprint density at radius 2 is 1.68 bits per heavy atom. The summed E-state index contributed by atoms with van der Waals surface area (Å²) in [6.45, 7) is 0. The normalized spacial score (nSPS) is 10.2. The number of carboxylic acids is 1. The van der Waals surface area contributed by atoms with Gasteiger partial charge in [0.1, 0.15) is 5.75 Å². The van der Waals surface area contributed by atoms with Crippen LogP contribution in [0, 0.1) is 0 Å². The molecule has 0 bridgehead atoms. The van der Waals surface area contributed by atoms with E-state index < -0.39 is 5.97 Å². The van der Waals surface area contributed by atoms with Gasteiger partial charge in [-0.15, -0.1) is 0 Å². The summed E-state index contributed by atoms with van der Waals surface area (Å²) in [4.78, 5) is 10.9. The largest absolute Gasteiger partial charge is 0.497 e. The molecule has 0 heterocycles. The van der Waals surface area contributed by atoms with Gasteiger partial charge in [-0.3, -0.25) is 0 Å². The minimum Gasteiger partial charge on any atom is -0.497 e. The average Bonchev–Trinajstić information content (AvgIpc) is 2.45. The third-order valence-electron chi connectivity index (χ3n) is 3.01. The summed E-state index contributed by atoms with van der Waals surface area (Å²) in [5.74, 6) is -0.0417. The highest BCUT2D eigenvalue weighted by molar-refractivity contribution is 5.87. The van der Waals surface area contributed by atoms with Crippen LogP contribution in [-0.4, -0.2) is 18.2 Å². The molecule has 3 nitrogen and oxygen atoms in total. The zero-order chi connectivity index (χ0) is 13.7. The van der Waals surface area contributed by atoms with E-state index in [1.54, 1.807) is 25.3 Å². The molecule has 2 aromatic rings. The molecule has 0 aromatic heterocycles. The maximum absolute atomic E-state index is 10.9. The lowest BCUT2D eigenvalue weighted by Gasteiger charge is -2.05. The molecule has 0 radical (unpaired) electrons. The Hall–Kier alpha value is -2.29. The lowest BCUT2D eigenvalue weighted by atomic mass is 10.0. The van der Waals surface area contributed by atoms with Crippen LogP contribution >= 0.6 is 0 Å². The molecule has 0 fully saturated rings. The van der Waals surface area contributed by atoms with Crippen molar-refractivity contribution in [2.45, 2.75) is 12.8 Å². The van der Waals surface area contributed by atoms with Gasteiger partial charge < -0.3 is 9.84 Å². The third-order valence-corrected chi connectivity index (χ3v) is 3.01. The average molecular weight is 256 g/mol. The second-order valence-electron chi connectivity index (χ2n) is 4.36. The van der Waals surface area contributed by atoms with Crippen molar-refractivity contribution >= 4 is 5.97 Å². The van der Waals surface area contributed by atoms with Crippen LogP contribution < -0.4 is 4.74 Å². The number of rotatable bonds is 5. The molecular weight excluding hydrogens is 240 g/mol. The number of aryl methyl sites for hydroxylation is 2.